The molecule has 18 heavy (non-hydrogen) atoms. The maximum Gasteiger partial charge on any atom is 0.237 e. The molecule has 0 spiro atoms. The van der Waals surface area contributed by atoms with Crippen LogP contribution in [0.2, 0.25) is 0 Å². The first-order chi connectivity index (χ1) is 8.67. The fraction of sp³-hybridized carbons (Fsp3) is 0.417. The van der Waals surface area contributed by atoms with Gasteiger partial charge in [0.2, 0.25) is 5.88 Å². The molecule has 2 N–H and O–H groups in total. The number of hydrogen-bond acceptors (Lipinski definition) is 5. The van der Waals surface area contributed by atoms with Gasteiger partial charge in [-0.05, 0) is 19.9 Å². The van der Waals surface area contributed by atoms with Gasteiger partial charge in [0, 0.05) is 18.9 Å². The summed E-state index contributed by atoms with van der Waals surface area (Å²) in [5, 5.41) is 4.38. The number of aryl methyl sites for hydroxylation is 2. The Morgan fingerprint density at radius 2 is 2.11 bits per heavy atom. The molecule has 0 aromatic carbocycles. The van der Waals surface area contributed by atoms with Crippen LogP contribution in [0.5, 0.6) is 5.88 Å². The van der Waals surface area contributed by atoms with Crippen molar-refractivity contribution in [3.05, 3.63) is 35.5 Å². The van der Waals surface area contributed by atoms with Gasteiger partial charge in [-0.25, -0.2) is 4.98 Å². The van der Waals surface area contributed by atoms with Gasteiger partial charge in [0.1, 0.15) is 5.69 Å². The van der Waals surface area contributed by atoms with Crippen molar-refractivity contribution in [2.45, 2.75) is 26.4 Å². The molecule has 0 saturated heterocycles. The predicted molar refractivity (Wildman–Crippen MR) is 67.3 cm³/mol. The van der Waals surface area contributed by atoms with Crippen LogP contribution in [0.4, 0.5) is 0 Å². The minimum atomic E-state index is -0.394. The normalized spacial score (nSPS) is 12.4. The van der Waals surface area contributed by atoms with E-state index >= 15 is 0 Å². The smallest absolute Gasteiger partial charge is 0.237 e. The molecule has 1 unspecified atom stereocenters. The van der Waals surface area contributed by atoms with Crippen LogP contribution in [-0.2, 0) is 6.54 Å². The van der Waals surface area contributed by atoms with Crippen LogP contribution in [0, 0.1) is 6.92 Å². The van der Waals surface area contributed by atoms with Crippen molar-refractivity contribution in [1.29, 1.82) is 0 Å². The van der Waals surface area contributed by atoms with Crippen LogP contribution >= 0.6 is 0 Å². The highest BCUT2D eigenvalue weighted by atomic mass is 16.5. The quantitative estimate of drug-likeness (QED) is 0.873. The third-order valence-electron chi connectivity index (χ3n) is 2.73. The summed E-state index contributed by atoms with van der Waals surface area (Å²) in [4.78, 5) is 8.37. The van der Waals surface area contributed by atoms with Gasteiger partial charge in [-0.3, -0.25) is 9.67 Å². The largest absolute Gasteiger partial charge is 0.480 e. The zero-order valence-electron chi connectivity index (χ0n) is 10.8. The zero-order chi connectivity index (χ0) is 13.1. The van der Waals surface area contributed by atoms with E-state index in [1.165, 1.54) is 0 Å². The number of ether oxygens (including phenoxy) is 1. The predicted octanol–water partition coefficient (Wildman–Crippen LogP) is 1.06. The van der Waals surface area contributed by atoms with Gasteiger partial charge in [0.05, 0.1) is 24.5 Å². The Hall–Kier alpha value is -1.95. The second kappa shape index (κ2) is 5.14. The first kappa shape index (κ1) is 12.5. The van der Waals surface area contributed by atoms with Gasteiger partial charge in [-0.1, -0.05) is 0 Å². The SMILES string of the molecule is CCn1nc(C)cc1C(N)c1nccnc1OC. The zero-order valence-corrected chi connectivity index (χ0v) is 10.8. The highest BCUT2D eigenvalue weighted by Crippen LogP contribution is 2.24. The van der Waals surface area contributed by atoms with Gasteiger partial charge in [-0.15, -0.1) is 0 Å². The molecule has 0 aliphatic carbocycles. The summed E-state index contributed by atoms with van der Waals surface area (Å²) in [5.74, 6) is 0.450. The maximum absolute atomic E-state index is 6.24. The fourth-order valence-electron chi connectivity index (χ4n) is 1.92. The minimum Gasteiger partial charge on any atom is -0.480 e. The van der Waals surface area contributed by atoms with E-state index in [9.17, 15) is 0 Å². The van der Waals surface area contributed by atoms with Crippen LogP contribution in [0.3, 0.4) is 0 Å². The Morgan fingerprint density at radius 1 is 1.39 bits per heavy atom. The Kier molecular flexibility index (Phi) is 3.57. The number of hydrogen-bond donors (Lipinski definition) is 1. The van der Waals surface area contributed by atoms with Gasteiger partial charge >= 0.3 is 0 Å². The maximum atomic E-state index is 6.24. The van der Waals surface area contributed by atoms with E-state index < -0.39 is 6.04 Å². The monoisotopic (exact) mass is 247 g/mol. The third-order valence-corrected chi connectivity index (χ3v) is 2.73. The average molecular weight is 247 g/mol. The molecule has 6 heteroatoms. The van der Waals surface area contributed by atoms with Crippen LogP contribution < -0.4 is 10.5 Å². The lowest BCUT2D eigenvalue weighted by atomic mass is 10.1. The van der Waals surface area contributed by atoms with Crippen LogP contribution in [0.25, 0.3) is 0 Å². The Balaban J connectivity index is 2.44. The molecule has 0 amide bonds. The summed E-state index contributed by atoms with van der Waals surface area (Å²) < 4.78 is 7.05. The topological polar surface area (TPSA) is 78.9 Å². The molecule has 0 bridgehead atoms. The van der Waals surface area contributed by atoms with Gasteiger partial charge in [0.15, 0.2) is 0 Å². The molecular formula is C12H17N5O. The fourth-order valence-corrected chi connectivity index (χ4v) is 1.92. The second-order valence-electron chi connectivity index (χ2n) is 3.95. The molecule has 0 aliphatic heterocycles. The molecule has 2 aromatic heterocycles. The Bertz CT molecular complexity index is 537. The van der Waals surface area contributed by atoms with Gasteiger partial charge < -0.3 is 10.5 Å². The summed E-state index contributed by atoms with van der Waals surface area (Å²) in [6.45, 7) is 4.73. The molecule has 0 fully saturated rings. The summed E-state index contributed by atoms with van der Waals surface area (Å²) >= 11 is 0. The van der Waals surface area contributed by atoms with E-state index in [1.807, 2.05) is 24.6 Å². The molecule has 2 heterocycles. The molecule has 0 radical (unpaired) electrons. The molecule has 0 saturated carbocycles. The van der Waals surface area contributed by atoms with E-state index in [0.29, 0.717) is 11.6 Å². The molecule has 2 rings (SSSR count). The van der Waals surface area contributed by atoms with Gasteiger partial charge in [-0.2, -0.15) is 5.10 Å². The van der Waals surface area contributed by atoms with E-state index in [0.717, 1.165) is 17.9 Å². The van der Waals surface area contributed by atoms with E-state index in [-0.39, 0.29) is 0 Å². The molecule has 96 valence electrons. The molecule has 0 aliphatic rings. The number of rotatable bonds is 4. The Labute approximate surface area is 106 Å². The van der Waals surface area contributed by atoms with Crippen LogP contribution in [-0.4, -0.2) is 26.9 Å². The van der Waals surface area contributed by atoms with E-state index in [2.05, 4.69) is 15.1 Å². The number of nitrogens with zero attached hydrogens (tertiary/aromatic N) is 4. The van der Waals surface area contributed by atoms with Crippen molar-refractivity contribution in [2.24, 2.45) is 5.73 Å². The number of aromatic nitrogens is 4. The van der Waals surface area contributed by atoms with Crippen molar-refractivity contribution in [1.82, 2.24) is 19.7 Å². The highest BCUT2D eigenvalue weighted by Gasteiger charge is 2.20. The van der Waals surface area contributed by atoms with Crippen molar-refractivity contribution in [2.75, 3.05) is 7.11 Å². The lowest BCUT2D eigenvalue weighted by Gasteiger charge is -2.14. The standard InChI is InChI=1S/C12H17N5O/c1-4-17-9(7-8(2)16-17)10(13)11-12(18-3)15-6-5-14-11/h5-7,10H,4,13H2,1-3H3. The molecule has 1 atom stereocenters. The summed E-state index contributed by atoms with van der Waals surface area (Å²) in [7, 11) is 1.56. The first-order valence-electron chi connectivity index (χ1n) is 5.82. The summed E-state index contributed by atoms with van der Waals surface area (Å²) in [6, 6.07) is 1.57. The van der Waals surface area contributed by atoms with Crippen molar-refractivity contribution >= 4 is 0 Å². The number of nitrogens with two attached hydrogens (primary N) is 1. The van der Waals surface area contributed by atoms with E-state index in [4.69, 9.17) is 10.5 Å². The molecular weight excluding hydrogens is 230 g/mol. The van der Waals surface area contributed by atoms with Crippen molar-refractivity contribution in [3.63, 3.8) is 0 Å². The lowest BCUT2D eigenvalue weighted by Crippen LogP contribution is -2.19. The van der Waals surface area contributed by atoms with Crippen molar-refractivity contribution in [3.8, 4) is 5.88 Å². The lowest BCUT2D eigenvalue weighted by molar-refractivity contribution is 0.386. The van der Waals surface area contributed by atoms with Crippen molar-refractivity contribution < 1.29 is 4.74 Å². The Morgan fingerprint density at radius 3 is 2.78 bits per heavy atom. The van der Waals surface area contributed by atoms with Crippen LogP contribution in [0.1, 0.15) is 30.0 Å². The third kappa shape index (κ3) is 2.19. The van der Waals surface area contributed by atoms with Crippen LogP contribution in [0.15, 0.2) is 18.5 Å². The number of methoxy groups -OCH3 is 1. The summed E-state index contributed by atoms with van der Waals surface area (Å²) in [5.41, 5.74) is 8.71. The van der Waals surface area contributed by atoms with E-state index in [1.54, 1.807) is 19.5 Å². The highest BCUT2D eigenvalue weighted by molar-refractivity contribution is 5.29. The first-order valence-corrected chi connectivity index (χ1v) is 5.82. The van der Waals surface area contributed by atoms with Gasteiger partial charge in [0.25, 0.3) is 0 Å². The molecule has 6 nitrogen and oxygen atoms in total. The molecule has 2 aromatic rings. The second-order valence-corrected chi connectivity index (χ2v) is 3.95. The minimum absolute atomic E-state index is 0.394. The summed E-state index contributed by atoms with van der Waals surface area (Å²) in [6.07, 6.45) is 3.19. The average Bonchev–Trinajstić information content (AvgIpc) is 2.79.